The third kappa shape index (κ3) is 0.859. The topological polar surface area (TPSA) is 112 Å². The van der Waals surface area contributed by atoms with Crippen LogP contribution < -0.4 is 11.3 Å². The summed E-state index contributed by atoms with van der Waals surface area (Å²) in [6, 6.07) is 0. The zero-order chi connectivity index (χ0) is 7.72. The van der Waals surface area contributed by atoms with Gasteiger partial charge < -0.3 is 15.9 Å². The monoisotopic (exact) mass is 143 g/mol. The minimum atomic E-state index is -0.856. The summed E-state index contributed by atoms with van der Waals surface area (Å²) < 4.78 is 0. The molecule has 6 heteroatoms. The zero-order valence-electron chi connectivity index (χ0n) is 4.83. The highest BCUT2D eigenvalue weighted by atomic mass is 16.3. The standard InChI is InChI=1S/C4H5N3O3/c5-4-6-2(9)1(8)3(10)7-4/h8H,(H4,5,6,7,9,10). The van der Waals surface area contributed by atoms with Crippen molar-refractivity contribution < 1.29 is 10.2 Å². The quantitative estimate of drug-likeness (QED) is 0.363. The number of hydrogen-bond acceptors (Lipinski definition) is 5. The molecule has 54 valence electrons. The summed E-state index contributed by atoms with van der Waals surface area (Å²) in [7, 11) is 0. The average molecular weight is 143 g/mol. The van der Waals surface area contributed by atoms with E-state index >= 15 is 0 Å². The average Bonchev–Trinajstić information content (AvgIpc) is 1.82. The summed E-state index contributed by atoms with van der Waals surface area (Å²) in [5, 5.41) is 17.2. The van der Waals surface area contributed by atoms with E-state index in [2.05, 4.69) is 4.98 Å². The molecule has 0 aliphatic carbocycles. The molecule has 0 aliphatic rings. The van der Waals surface area contributed by atoms with Gasteiger partial charge in [0.25, 0.3) is 11.4 Å². The molecule has 6 nitrogen and oxygen atoms in total. The molecule has 0 fully saturated rings. The van der Waals surface area contributed by atoms with Crippen LogP contribution in [-0.2, 0) is 0 Å². The molecule has 0 saturated carbocycles. The molecule has 1 heterocycles. The van der Waals surface area contributed by atoms with E-state index in [9.17, 15) is 4.79 Å². The third-order valence-corrected chi connectivity index (χ3v) is 0.895. The van der Waals surface area contributed by atoms with Crippen LogP contribution >= 0.6 is 0 Å². The van der Waals surface area contributed by atoms with E-state index in [1.54, 1.807) is 0 Å². The van der Waals surface area contributed by atoms with Gasteiger partial charge in [0.2, 0.25) is 11.7 Å². The van der Waals surface area contributed by atoms with Crippen LogP contribution in [0.15, 0.2) is 4.79 Å². The van der Waals surface area contributed by atoms with Gasteiger partial charge in [-0.1, -0.05) is 0 Å². The summed E-state index contributed by atoms with van der Waals surface area (Å²) in [5.74, 6) is -1.82. The van der Waals surface area contributed by atoms with Gasteiger partial charge in [0.05, 0.1) is 0 Å². The van der Waals surface area contributed by atoms with Crippen LogP contribution in [0.25, 0.3) is 0 Å². The molecule has 5 N–H and O–H groups in total. The highest BCUT2D eigenvalue weighted by Crippen LogP contribution is 2.14. The summed E-state index contributed by atoms with van der Waals surface area (Å²) >= 11 is 0. The van der Waals surface area contributed by atoms with Crippen molar-refractivity contribution in [2.45, 2.75) is 0 Å². The predicted molar refractivity (Wildman–Crippen MR) is 32.6 cm³/mol. The van der Waals surface area contributed by atoms with Crippen molar-refractivity contribution in [1.82, 2.24) is 9.97 Å². The van der Waals surface area contributed by atoms with Gasteiger partial charge in [-0.2, -0.15) is 4.98 Å². The van der Waals surface area contributed by atoms with Crippen molar-refractivity contribution >= 4 is 5.95 Å². The van der Waals surface area contributed by atoms with Crippen LogP contribution in [-0.4, -0.2) is 20.2 Å². The molecule has 1 aromatic heterocycles. The Morgan fingerprint density at radius 3 is 2.60 bits per heavy atom. The molecule has 0 radical (unpaired) electrons. The highest BCUT2D eigenvalue weighted by Gasteiger charge is 2.05. The Bertz CT molecular complexity index is 305. The summed E-state index contributed by atoms with van der Waals surface area (Å²) in [4.78, 5) is 15.6. The van der Waals surface area contributed by atoms with Crippen molar-refractivity contribution in [3.05, 3.63) is 10.4 Å². The van der Waals surface area contributed by atoms with Crippen molar-refractivity contribution in [2.24, 2.45) is 0 Å². The van der Waals surface area contributed by atoms with Crippen LogP contribution in [0.1, 0.15) is 0 Å². The maximum atomic E-state index is 10.5. The van der Waals surface area contributed by atoms with E-state index in [1.165, 1.54) is 0 Å². The van der Waals surface area contributed by atoms with Gasteiger partial charge >= 0.3 is 0 Å². The lowest BCUT2D eigenvalue weighted by Gasteiger charge is -1.94. The Morgan fingerprint density at radius 2 is 2.10 bits per heavy atom. The number of rotatable bonds is 0. The molecule has 0 aliphatic heterocycles. The number of nitrogens with two attached hydrogens (primary N) is 1. The molecular weight excluding hydrogens is 138 g/mol. The minimum Gasteiger partial charge on any atom is -0.499 e. The Labute approximate surface area is 55.0 Å². The fourth-order valence-electron chi connectivity index (χ4n) is 0.472. The number of nitrogens with one attached hydrogen (secondary N) is 1. The minimum absolute atomic E-state index is 0.236. The maximum Gasteiger partial charge on any atom is 0.298 e. The third-order valence-electron chi connectivity index (χ3n) is 0.895. The second kappa shape index (κ2) is 1.90. The van der Waals surface area contributed by atoms with Crippen LogP contribution in [0.5, 0.6) is 11.6 Å². The number of H-pyrrole nitrogens is 1. The van der Waals surface area contributed by atoms with E-state index in [4.69, 9.17) is 15.9 Å². The predicted octanol–water partition coefficient (Wildman–Crippen LogP) is -1.24. The van der Waals surface area contributed by atoms with Crippen molar-refractivity contribution in [3.63, 3.8) is 0 Å². The van der Waals surface area contributed by atoms with Gasteiger partial charge in [-0.25, -0.2) is 0 Å². The number of hydrogen-bond donors (Lipinski definition) is 4. The molecule has 0 atom stereocenters. The largest absolute Gasteiger partial charge is 0.499 e. The summed E-state index contributed by atoms with van der Waals surface area (Å²) in [6.07, 6.45) is 0. The van der Waals surface area contributed by atoms with Gasteiger partial charge in [-0.15, -0.1) is 0 Å². The fourth-order valence-corrected chi connectivity index (χ4v) is 0.472. The number of aromatic amines is 1. The summed E-state index contributed by atoms with van der Waals surface area (Å²) in [5.41, 5.74) is 4.13. The van der Waals surface area contributed by atoms with Crippen LogP contribution in [0.2, 0.25) is 0 Å². The highest BCUT2D eigenvalue weighted by molar-refractivity contribution is 5.32. The van der Waals surface area contributed by atoms with Gasteiger partial charge in [-0.3, -0.25) is 9.78 Å². The van der Waals surface area contributed by atoms with E-state index in [0.29, 0.717) is 0 Å². The molecule has 0 spiro atoms. The first kappa shape index (κ1) is 6.40. The number of aromatic nitrogens is 2. The number of aromatic hydroxyl groups is 2. The second-order valence-corrected chi connectivity index (χ2v) is 1.62. The zero-order valence-corrected chi connectivity index (χ0v) is 4.83. The Hall–Kier alpha value is -1.72. The Balaban J connectivity index is 3.46. The van der Waals surface area contributed by atoms with Crippen LogP contribution in [0, 0.1) is 0 Å². The lowest BCUT2D eigenvalue weighted by Crippen LogP contribution is -2.09. The Kier molecular flexibility index (Phi) is 1.22. The van der Waals surface area contributed by atoms with Gasteiger partial charge in [0, 0.05) is 0 Å². The maximum absolute atomic E-state index is 10.5. The lowest BCUT2D eigenvalue weighted by atomic mass is 10.5. The summed E-state index contributed by atoms with van der Waals surface area (Å²) in [6.45, 7) is 0. The molecule has 1 aromatic rings. The van der Waals surface area contributed by atoms with E-state index in [1.807, 2.05) is 4.98 Å². The number of nitrogens with zero attached hydrogens (tertiary/aromatic N) is 1. The van der Waals surface area contributed by atoms with Crippen molar-refractivity contribution in [1.29, 1.82) is 0 Å². The molecular formula is C4H5N3O3. The first-order valence-electron chi connectivity index (χ1n) is 2.39. The Morgan fingerprint density at radius 1 is 1.50 bits per heavy atom. The second-order valence-electron chi connectivity index (χ2n) is 1.62. The first-order chi connectivity index (χ1) is 4.61. The van der Waals surface area contributed by atoms with E-state index < -0.39 is 17.2 Å². The molecule has 0 bridgehead atoms. The number of nitrogen functional groups attached to an aromatic ring is 1. The van der Waals surface area contributed by atoms with Gasteiger partial charge in [-0.05, 0) is 0 Å². The fraction of sp³-hybridized carbons (Fsp3) is 0. The SMILES string of the molecule is Nc1nc(O)c(O)c(=O)[nH]1. The molecule has 10 heavy (non-hydrogen) atoms. The molecule has 1 rings (SSSR count). The van der Waals surface area contributed by atoms with Crippen LogP contribution in [0.4, 0.5) is 5.95 Å². The smallest absolute Gasteiger partial charge is 0.298 e. The number of anilines is 1. The molecule has 0 saturated heterocycles. The van der Waals surface area contributed by atoms with E-state index in [-0.39, 0.29) is 5.95 Å². The molecule has 0 unspecified atom stereocenters. The van der Waals surface area contributed by atoms with Gasteiger partial charge in [0.15, 0.2) is 0 Å². The molecule has 0 amide bonds. The van der Waals surface area contributed by atoms with Crippen LogP contribution in [0.3, 0.4) is 0 Å². The lowest BCUT2D eigenvalue weighted by molar-refractivity contribution is 0.383. The first-order valence-corrected chi connectivity index (χ1v) is 2.39. The van der Waals surface area contributed by atoms with Gasteiger partial charge in [0.1, 0.15) is 0 Å². The van der Waals surface area contributed by atoms with Crippen molar-refractivity contribution in [2.75, 3.05) is 5.73 Å². The van der Waals surface area contributed by atoms with E-state index in [0.717, 1.165) is 0 Å². The normalized spacial score (nSPS) is 9.60. The molecule has 0 aromatic carbocycles. The van der Waals surface area contributed by atoms with Crippen molar-refractivity contribution in [3.8, 4) is 11.6 Å².